The minimum absolute atomic E-state index is 0.0543. The largest absolute Gasteiger partial charge is 0.472 e. The molecule has 0 saturated carbocycles. The summed E-state index contributed by atoms with van der Waals surface area (Å²) in [4.78, 5) is 42.1. The van der Waals surface area contributed by atoms with Gasteiger partial charge in [0.05, 0.1) is 6.54 Å². The van der Waals surface area contributed by atoms with E-state index in [1.807, 2.05) is 35.2 Å². The molecular formula is C24H28F3N5O3. The number of piperazine rings is 1. The average molecular weight is 492 g/mol. The van der Waals surface area contributed by atoms with Crippen LogP contribution in [-0.2, 0) is 11.3 Å². The highest BCUT2D eigenvalue weighted by molar-refractivity contribution is 5.96. The fourth-order valence-corrected chi connectivity index (χ4v) is 3.68. The monoisotopic (exact) mass is 491 g/mol. The van der Waals surface area contributed by atoms with E-state index in [9.17, 15) is 27.6 Å². The third-order valence-corrected chi connectivity index (χ3v) is 5.72. The molecule has 0 bridgehead atoms. The Hall–Kier alpha value is -3.60. The van der Waals surface area contributed by atoms with Gasteiger partial charge < -0.3 is 4.90 Å². The molecule has 0 unspecified atom stereocenters. The van der Waals surface area contributed by atoms with Gasteiger partial charge in [0.2, 0.25) is 0 Å². The number of hydrogen-bond acceptors (Lipinski definition) is 4. The maximum absolute atomic E-state index is 13.4. The summed E-state index contributed by atoms with van der Waals surface area (Å²) >= 11 is 0. The van der Waals surface area contributed by atoms with E-state index in [-0.39, 0.29) is 18.1 Å². The highest BCUT2D eigenvalue weighted by atomic mass is 19.4. The Balaban J connectivity index is 1.69. The number of urea groups is 1. The summed E-state index contributed by atoms with van der Waals surface area (Å²) in [6.45, 7) is 7.30. The van der Waals surface area contributed by atoms with Gasteiger partial charge in [-0.25, -0.2) is 4.79 Å². The molecule has 2 aromatic carbocycles. The summed E-state index contributed by atoms with van der Waals surface area (Å²) in [5, 5.41) is 0. The van der Waals surface area contributed by atoms with Gasteiger partial charge in [0.1, 0.15) is 0 Å². The van der Waals surface area contributed by atoms with Crippen molar-refractivity contribution in [2.24, 2.45) is 0 Å². The molecule has 4 amide bonds. The third-order valence-electron chi connectivity index (χ3n) is 5.72. The van der Waals surface area contributed by atoms with Gasteiger partial charge in [0.15, 0.2) is 0 Å². The van der Waals surface area contributed by atoms with Crippen molar-refractivity contribution in [2.75, 3.05) is 31.1 Å². The van der Waals surface area contributed by atoms with Gasteiger partial charge in [-0.15, -0.1) is 0 Å². The molecule has 188 valence electrons. The van der Waals surface area contributed by atoms with Crippen molar-refractivity contribution >= 4 is 23.5 Å². The molecule has 8 nitrogen and oxygen atoms in total. The van der Waals surface area contributed by atoms with Gasteiger partial charge in [-0.05, 0) is 43.7 Å². The lowest BCUT2D eigenvalue weighted by Gasteiger charge is -2.39. The highest BCUT2D eigenvalue weighted by Gasteiger charge is 2.39. The minimum Gasteiger partial charge on any atom is -0.322 e. The normalized spacial score (nSPS) is 14.5. The number of amides is 4. The number of halogens is 3. The van der Waals surface area contributed by atoms with Crippen molar-refractivity contribution in [1.82, 2.24) is 20.7 Å². The fourth-order valence-electron chi connectivity index (χ4n) is 3.68. The van der Waals surface area contributed by atoms with Gasteiger partial charge in [-0.1, -0.05) is 30.3 Å². The molecule has 0 atom stereocenters. The molecule has 35 heavy (non-hydrogen) atoms. The van der Waals surface area contributed by atoms with Crippen LogP contribution < -0.4 is 15.8 Å². The number of hydrogen-bond donors (Lipinski definition) is 2. The molecule has 1 aliphatic heterocycles. The van der Waals surface area contributed by atoms with E-state index in [1.165, 1.54) is 17.6 Å². The van der Waals surface area contributed by atoms with Crippen LogP contribution in [0.2, 0.25) is 0 Å². The number of benzene rings is 2. The fraction of sp³-hybridized carbons (Fsp3) is 0.375. The van der Waals surface area contributed by atoms with Crippen LogP contribution in [0.4, 0.5) is 23.7 Å². The van der Waals surface area contributed by atoms with Crippen molar-refractivity contribution < 1.29 is 27.6 Å². The van der Waals surface area contributed by atoms with E-state index in [4.69, 9.17) is 0 Å². The first-order valence-corrected chi connectivity index (χ1v) is 11.2. The van der Waals surface area contributed by atoms with E-state index >= 15 is 0 Å². The summed E-state index contributed by atoms with van der Waals surface area (Å²) in [6, 6.07) is 15.6. The molecule has 2 N–H and O–H groups in total. The van der Waals surface area contributed by atoms with Crippen LogP contribution in [0.15, 0.2) is 54.6 Å². The lowest BCUT2D eigenvalue weighted by Crippen LogP contribution is -2.54. The van der Waals surface area contributed by atoms with Crippen molar-refractivity contribution in [1.29, 1.82) is 0 Å². The van der Waals surface area contributed by atoms with E-state index in [1.54, 1.807) is 22.5 Å². The zero-order valence-electron chi connectivity index (χ0n) is 19.5. The second-order valence-electron chi connectivity index (χ2n) is 8.42. The molecule has 11 heteroatoms. The molecular weight excluding hydrogens is 463 g/mol. The lowest BCUT2D eigenvalue weighted by atomic mass is 10.1. The summed E-state index contributed by atoms with van der Waals surface area (Å²) in [7, 11) is 0. The molecule has 0 aliphatic carbocycles. The van der Waals surface area contributed by atoms with Crippen LogP contribution in [0, 0.1) is 0 Å². The topological polar surface area (TPSA) is 85.0 Å². The molecule has 1 aliphatic rings. The number of alkyl halides is 3. The zero-order valence-corrected chi connectivity index (χ0v) is 19.5. The van der Waals surface area contributed by atoms with Crippen molar-refractivity contribution in [3.05, 3.63) is 65.7 Å². The van der Waals surface area contributed by atoms with Crippen LogP contribution in [0.3, 0.4) is 0 Å². The Labute approximate surface area is 201 Å². The van der Waals surface area contributed by atoms with Crippen molar-refractivity contribution in [3.8, 4) is 0 Å². The van der Waals surface area contributed by atoms with E-state index in [0.29, 0.717) is 19.1 Å². The minimum atomic E-state index is -5.11. The van der Waals surface area contributed by atoms with E-state index < -0.39 is 18.0 Å². The van der Waals surface area contributed by atoms with Crippen molar-refractivity contribution in [3.63, 3.8) is 0 Å². The first-order chi connectivity index (χ1) is 16.6. The molecule has 0 spiro atoms. The molecule has 3 rings (SSSR count). The van der Waals surface area contributed by atoms with Gasteiger partial charge in [0, 0.05) is 43.5 Å². The van der Waals surface area contributed by atoms with Gasteiger partial charge in [0.25, 0.3) is 5.91 Å². The van der Waals surface area contributed by atoms with Crippen LogP contribution in [0.5, 0.6) is 0 Å². The zero-order chi connectivity index (χ0) is 25.6. The number of carbonyl (C=O) groups excluding carboxylic acids is 3. The standard InChI is InChI=1S/C24H28F3N5O3/c1-17(2)30-12-14-31(15-13-30)23(35)32(20-6-4-3-5-7-20)16-18-8-10-19(11-9-18)21(33)28-29-22(34)24(25,26)27/h3-11,17H,12-16H2,1-2H3,(H,28,33)(H,29,34). The predicted molar refractivity (Wildman–Crippen MR) is 124 cm³/mol. The highest BCUT2D eigenvalue weighted by Crippen LogP contribution is 2.21. The summed E-state index contributed by atoms with van der Waals surface area (Å²) in [5.74, 6) is -3.16. The van der Waals surface area contributed by atoms with Crippen LogP contribution in [0.1, 0.15) is 29.8 Å². The maximum atomic E-state index is 13.4. The molecule has 0 radical (unpaired) electrons. The van der Waals surface area contributed by atoms with Crippen LogP contribution in [-0.4, -0.2) is 66.0 Å². The first kappa shape index (κ1) is 26.0. The summed E-state index contributed by atoms with van der Waals surface area (Å²) in [6.07, 6.45) is -5.11. The number of nitrogens with one attached hydrogen (secondary N) is 2. The van der Waals surface area contributed by atoms with Gasteiger partial charge in [-0.3, -0.25) is 30.2 Å². The Morgan fingerprint density at radius 1 is 0.914 bits per heavy atom. The van der Waals surface area contributed by atoms with E-state index in [2.05, 4.69) is 18.7 Å². The first-order valence-electron chi connectivity index (χ1n) is 11.2. The number of nitrogens with zero attached hydrogens (tertiary/aromatic N) is 3. The second-order valence-corrected chi connectivity index (χ2v) is 8.42. The summed E-state index contributed by atoms with van der Waals surface area (Å²) in [5.41, 5.74) is 4.55. The second kappa shape index (κ2) is 11.2. The molecule has 2 aromatic rings. The number of rotatable bonds is 5. The quantitative estimate of drug-likeness (QED) is 0.630. The smallest absolute Gasteiger partial charge is 0.322 e. The Kier molecular flexibility index (Phi) is 8.34. The molecule has 1 saturated heterocycles. The SMILES string of the molecule is CC(C)N1CCN(C(=O)N(Cc2ccc(C(=O)NNC(=O)C(F)(F)F)cc2)c2ccccc2)CC1. The molecule has 1 heterocycles. The predicted octanol–water partition coefficient (Wildman–Crippen LogP) is 3.16. The average Bonchev–Trinajstić information content (AvgIpc) is 2.85. The van der Waals surface area contributed by atoms with Crippen molar-refractivity contribution in [2.45, 2.75) is 32.6 Å². The van der Waals surface area contributed by atoms with Crippen LogP contribution >= 0.6 is 0 Å². The number of hydrazine groups is 1. The Morgan fingerprint density at radius 2 is 1.51 bits per heavy atom. The maximum Gasteiger partial charge on any atom is 0.472 e. The Bertz CT molecular complexity index is 1020. The number of para-hydroxylation sites is 1. The number of carbonyl (C=O) groups is 3. The molecule has 0 aromatic heterocycles. The molecule has 1 fully saturated rings. The number of anilines is 1. The van der Waals surface area contributed by atoms with Gasteiger partial charge in [-0.2, -0.15) is 13.2 Å². The van der Waals surface area contributed by atoms with Gasteiger partial charge >= 0.3 is 18.1 Å². The Morgan fingerprint density at radius 3 is 2.06 bits per heavy atom. The third kappa shape index (κ3) is 6.95. The summed E-state index contributed by atoms with van der Waals surface area (Å²) < 4.78 is 36.8. The van der Waals surface area contributed by atoms with E-state index in [0.717, 1.165) is 24.3 Å². The van der Waals surface area contributed by atoms with Crippen LogP contribution in [0.25, 0.3) is 0 Å². The lowest BCUT2D eigenvalue weighted by molar-refractivity contribution is -0.174.